The SMILES string of the molecule is CC(C)n1c(=O)n(C(C)C)c2c(N)ncnc21. The van der Waals surface area contributed by atoms with Gasteiger partial charge in [-0.3, -0.25) is 9.13 Å². The molecule has 17 heavy (non-hydrogen) atoms. The molecule has 92 valence electrons. The molecular formula is C11H17N5O. The van der Waals surface area contributed by atoms with Crippen molar-refractivity contribution in [2.75, 3.05) is 5.73 Å². The molecule has 0 bridgehead atoms. The normalized spacial score (nSPS) is 11.9. The molecule has 2 aromatic rings. The molecular weight excluding hydrogens is 218 g/mol. The highest BCUT2D eigenvalue weighted by Crippen LogP contribution is 2.21. The van der Waals surface area contributed by atoms with Crippen LogP contribution >= 0.6 is 0 Å². The summed E-state index contributed by atoms with van der Waals surface area (Å²) in [6, 6.07) is 0.0672. The van der Waals surface area contributed by atoms with Crippen molar-refractivity contribution in [1.29, 1.82) is 0 Å². The second kappa shape index (κ2) is 3.87. The van der Waals surface area contributed by atoms with Crippen LogP contribution in [0.5, 0.6) is 0 Å². The zero-order valence-electron chi connectivity index (χ0n) is 10.5. The van der Waals surface area contributed by atoms with Crippen molar-refractivity contribution in [3.05, 3.63) is 16.8 Å². The van der Waals surface area contributed by atoms with Gasteiger partial charge in [0.25, 0.3) is 0 Å². The van der Waals surface area contributed by atoms with Crippen LogP contribution in [0.1, 0.15) is 39.8 Å². The Labute approximate surface area is 99.1 Å². The Bertz CT molecular complexity index is 608. The molecule has 2 N–H and O–H groups in total. The van der Waals surface area contributed by atoms with Crippen LogP contribution in [0.2, 0.25) is 0 Å². The highest BCUT2D eigenvalue weighted by molar-refractivity contribution is 5.82. The van der Waals surface area contributed by atoms with Crippen LogP contribution in [0.4, 0.5) is 5.82 Å². The zero-order chi connectivity index (χ0) is 12.7. The number of anilines is 1. The Morgan fingerprint density at radius 1 is 1.12 bits per heavy atom. The molecule has 0 saturated heterocycles. The van der Waals surface area contributed by atoms with Crippen molar-refractivity contribution < 1.29 is 0 Å². The van der Waals surface area contributed by atoms with E-state index in [2.05, 4.69) is 9.97 Å². The smallest absolute Gasteiger partial charge is 0.330 e. The molecule has 2 rings (SSSR count). The van der Waals surface area contributed by atoms with Gasteiger partial charge in [0.15, 0.2) is 11.5 Å². The van der Waals surface area contributed by atoms with Crippen LogP contribution in [-0.4, -0.2) is 19.1 Å². The summed E-state index contributed by atoms with van der Waals surface area (Å²) >= 11 is 0. The molecule has 0 aromatic carbocycles. The summed E-state index contributed by atoms with van der Waals surface area (Å²) < 4.78 is 3.29. The Balaban J connectivity index is 2.99. The maximum atomic E-state index is 12.3. The van der Waals surface area contributed by atoms with E-state index in [0.29, 0.717) is 17.0 Å². The van der Waals surface area contributed by atoms with Crippen molar-refractivity contribution in [3.63, 3.8) is 0 Å². The quantitative estimate of drug-likeness (QED) is 0.851. The molecule has 0 fully saturated rings. The molecule has 0 radical (unpaired) electrons. The van der Waals surface area contributed by atoms with Gasteiger partial charge in [-0.05, 0) is 27.7 Å². The minimum absolute atomic E-state index is 0.0262. The van der Waals surface area contributed by atoms with Crippen LogP contribution in [0.3, 0.4) is 0 Å². The highest BCUT2D eigenvalue weighted by atomic mass is 16.2. The van der Waals surface area contributed by atoms with E-state index < -0.39 is 0 Å². The van der Waals surface area contributed by atoms with Gasteiger partial charge in [-0.15, -0.1) is 0 Å². The molecule has 6 nitrogen and oxygen atoms in total. The van der Waals surface area contributed by atoms with E-state index in [-0.39, 0.29) is 17.8 Å². The zero-order valence-corrected chi connectivity index (χ0v) is 10.5. The fraction of sp³-hybridized carbons (Fsp3) is 0.545. The highest BCUT2D eigenvalue weighted by Gasteiger charge is 2.20. The number of imidazole rings is 1. The number of aromatic nitrogens is 4. The third-order valence-electron chi connectivity index (χ3n) is 2.75. The maximum absolute atomic E-state index is 12.3. The minimum Gasteiger partial charge on any atom is -0.382 e. The first-order chi connectivity index (χ1) is 7.95. The summed E-state index contributed by atoms with van der Waals surface area (Å²) in [5, 5.41) is 0. The van der Waals surface area contributed by atoms with E-state index in [1.54, 1.807) is 9.13 Å². The largest absolute Gasteiger partial charge is 0.382 e. The number of fused-ring (bicyclic) bond motifs is 1. The third kappa shape index (κ3) is 1.60. The molecule has 2 heterocycles. The van der Waals surface area contributed by atoms with Gasteiger partial charge in [0.1, 0.15) is 11.8 Å². The second-order valence-electron chi connectivity index (χ2n) is 4.64. The number of rotatable bonds is 2. The molecule has 0 spiro atoms. The maximum Gasteiger partial charge on any atom is 0.330 e. The molecule has 0 aliphatic heterocycles. The lowest BCUT2D eigenvalue weighted by Gasteiger charge is -2.07. The Hall–Kier alpha value is -1.85. The van der Waals surface area contributed by atoms with E-state index in [1.165, 1.54) is 6.33 Å². The fourth-order valence-corrected chi connectivity index (χ4v) is 2.04. The van der Waals surface area contributed by atoms with Crippen LogP contribution in [-0.2, 0) is 0 Å². The molecule has 0 unspecified atom stereocenters. The lowest BCUT2D eigenvalue weighted by atomic mass is 10.3. The first-order valence-corrected chi connectivity index (χ1v) is 5.68. The van der Waals surface area contributed by atoms with E-state index >= 15 is 0 Å². The van der Waals surface area contributed by atoms with Gasteiger partial charge in [0.2, 0.25) is 0 Å². The molecule has 2 aromatic heterocycles. The number of hydrogen-bond donors (Lipinski definition) is 1. The van der Waals surface area contributed by atoms with Crippen LogP contribution < -0.4 is 11.4 Å². The summed E-state index contributed by atoms with van der Waals surface area (Å²) in [4.78, 5) is 20.5. The van der Waals surface area contributed by atoms with E-state index in [9.17, 15) is 4.79 Å². The van der Waals surface area contributed by atoms with Gasteiger partial charge in [-0.25, -0.2) is 14.8 Å². The molecule has 0 saturated carbocycles. The van der Waals surface area contributed by atoms with Crippen molar-refractivity contribution in [1.82, 2.24) is 19.1 Å². The first-order valence-electron chi connectivity index (χ1n) is 5.68. The van der Waals surface area contributed by atoms with Gasteiger partial charge in [0, 0.05) is 12.1 Å². The van der Waals surface area contributed by atoms with E-state index in [4.69, 9.17) is 5.73 Å². The molecule has 0 amide bonds. The first kappa shape index (κ1) is 11.6. The minimum atomic E-state index is -0.0859. The molecule has 6 heteroatoms. The van der Waals surface area contributed by atoms with Crippen molar-refractivity contribution >= 4 is 17.0 Å². The lowest BCUT2D eigenvalue weighted by Crippen LogP contribution is -2.26. The van der Waals surface area contributed by atoms with Crippen molar-refractivity contribution in [2.24, 2.45) is 0 Å². The topological polar surface area (TPSA) is 78.7 Å². The number of nitrogens with two attached hydrogens (primary N) is 1. The Morgan fingerprint density at radius 2 is 1.71 bits per heavy atom. The van der Waals surface area contributed by atoms with Crippen molar-refractivity contribution in [2.45, 2.75) is 39.8 Å². The molecule has 0 aliphatic rings. The average Bonchev–Trinajstić information content (AvgIpc) is 2.51. The van der Waals surface area contributed by atoms with Crippen molar-refractivity contribution in [3.8, 4) is 0 Å². The summed E-state index contributed by atoms with van der Waals surface area (Å²) in [6.07, 6.45) is 1.39. The monoisotopic (exact) mass is 235 g/mol. The standard InChI is InChI=1S/C11H17N5O/c1-6(2)15-8-9(12)13-5-14-10(8)16(7(3)4)11(15)17/h5-7H,1-4H3,(H2,12,13,14). The second-order valence-corrected chi connectivity index (χ2v) is 4.64. The van der Waals surface area contributed by atoms with Gasteiger partial charge >= 0.3 is 5.69 Å². The Morgan fingerprint density at radius 3 is 2.24 bits per heavy atom. The number of nitrogen functional groups attached to an aromatic ring is 1. The van der Waals surface area contributed by atoms with E-state index in [0.717, 1.165) is 0 Å². The molecule has 0 aliphatic carbocycles. The lowest BCUT2D eigenvalue weighted by molar-refractivity contribution is 0.532. The number of hydrogen-bond acceptors (Lipinski definition) is 4. The van der Waals surface area contributed by atoms with Gasteiger partial charge in [0.05, 0.1) is 0 Å². The van der Waals surface area contributed by atoms with Gasteiger partial charge in [-0.1, -0.05) is 0 Å². The van der Waals surface area contributed by atoms with Crippen LogP contribution in [0.25, 0.3) is 11.2 Å². The summed E-state index contributed by atoms with van der Waals surface area (Å²) in [6.45, 7) is 7.78. The third-order valence-corrected chi connectivity index (χ3v) is 2.75. The fourth-order valence-electron chi connectivity index (χ4n) is 2.04. The number of nitrogens with zero attached hydrogens (tertiary/aromatic N) is 4. The predicted octanol–water partition coefficient (Wildman–Crippen LogP) is 1.34. The predicted molar refractivity (Wildman–Crippen MR) is 67.0 cm³/mol. The summed E-state index contributed by atoms with van der Waals surface area (Å²) in [5.41, 5.74) is 7.00. The van der Waals surface area contributed by atoms with Gasteiger partial charge < -0.3 is 5.73 Å². The summed E-state index contributed by atoms with van der Waals surface area (Å²) in [5.74, 6) is 0.347. The van der Waals surface area contributed by atoms with Gasteiger partial charge in [-0.2, -0.15) is 0 Å². The van der Waals surface area contributed by atoms with Crippen LogP contribution in [0, 0.1) is 0 Å². The van der Waals surface area contributed by atoms with E-state index in [1.807, 2.05) is 27.7 Å². The summed E-state index contributed by atoms with van der Waals surface area (Å²) in [7, 11) is 0. The van der Waals surface area contributed by atoms with Crippen LogP contribution in [0.15, 0.2) is 11.1 Å². The Kier molecular flexibility index (Phi) is 2.65. The average molecular weight is 235 g/mol. The molecule has 0 atom stereocenters.